The van der Waals surface area contributed by atoms with Crippen LogP contribution >= 0.6 is 11.6 Å². The lowest BCUT2D eigenvalue weighted by atomic mass is 10.0. The maximum atomic E-state index is 11.9. The molecule has 1 aromatic carbocycles. The van der Waals surface area contributed by atoms with Crippen molar-refractivity contribution in [3.05, 3.63) is 34.9 Å². The third-order valence-corrected chi connectivity index (χ3v) is 5.73. The lowest BCUT2D eigenvalue weighted by Gasteiger charge is -2.31. The molecule has 0 aliphatic carbocycles. The Kier molecular flexibility index (Phi) is 9.06. The number of carbonyl (C=O) groups is 1. The molecule has 1 saturated heterocycles. The van der Waals surface area contributed by atoms with Gasteiger partial charge in [-0.3, -0.25) is 14.7 Å². The average Bonchev–Trinajstić information content (AvgIpc) is 3.18. The van der Waals surface area contributed by atoms with E-state index in [0.29, 0.717) is 13.0 Å². The predicted octanol–water partition coefficient (Wildman–Crippen LogP) is 2.90. The van der Waals surface area contributed by atoms with Crippen molar-refractivity contribution in [2.24, 2.45) is 4.99 Å². The van der Waals surface area contributed by atoms with Gasteiger partial charge in [0, 0.05) is 44.2 Å². The van der Waals surface area contributed by atoms with Crippen molar-refractivity contribution in [2.75, 3.05) is 39.8 Å². The quantitative estimate of drug-likeness (QED) is 0.514. The van der Waals surface area contributed by atoms with Gasteiger partial charge in [-0.2, -0.15) is 0 Å². The minimum absolute atomic E-state index is 0.156. The summed E-state index contributed by atoms with van der Waals surface area (Å²) in [5.41, 5.74) is 1.12. The van der Waals surface area contributed by atoms with Crippen LogP contribution in [-0.4, -0.2) is 67.5 Å². The summed E-state index contributed by atoms with van der Waals surface area (Å²) >= 11 is 6.49. The van der Waals surface area contributed by atoms with Gasteiger partial charge in [0.2, 0.25) is 5.91 Å². The Balaban J connectivity index is 2.01. The first-order valence-electron chi connectivity index (χ1n) is 10.3. The van der Waals surface area contributed by atoms with Gasteiger partial charge in [0.15, 0.2) is 5.96 Å². The number of hydrogen-bond acceptors (Lipinski definition) is 3. The number of guanidine groups is 1. The van der Waals surface area contributed by atoms with Crippen molar-refractivity contribution in [3.63, 3.8) is 0 Å². The summed E-state index contributed by atoms with van der Waals surface area (Å²) in [5, 5.41) is 7.71. The monoisotopic (exact) mass is 407 g/mol. The molecule has 1 amide bonds. The first-order chi connectivity index (χ1) is 13.5. The first-order valence-corrected chi connectivity index (χ1v) is 10.6. The van der Waals surface area contributed by atoms with Crippen LogP contribution in [0.4, 0.5) is 0 Å². The Bertz CT molecular complexity index is 662. The highest BCUT2D eigenvalue weighted by atomic mass is 35.5. The molecule has 0 saturated carbocycles. The van der Waals surface area contributed by atoms with Gasteiger partial charge in [-0.1, -0.05) is 50.6 Å². The Labute approximate surface area is 174 Å². The minimum atomic E-state index is 0.156. The largest absolute Gasteiger partial charge is 0.354 e. The van der Waals surface area contributed by atoms with Crippen LogP contribution in [0.2, 0.25) is 5.02 Å². The molecule has 1 heterocycles. The maximum absolute atomic E-state index is 11.9. The second-order valence-corrected chi connectivity index (χ2v) is 7.44. The van der Waals surface area contributed by atoms with E-state index in [2.05, 4.69) is 40.4 Å². The van der Waals surface area contributed by atoms with Gasteiger partial charge >= 0.3 is 0 Å². The Morgan fingerprint density at radius 1 is 1.32 bits per heavy atom. The molecule has 2 unspecified atom stereocenters. The molecule has 0 aromatic heterocycles. The number of nitrogens with one attached hydrogen (secondary N) is 2. The zero-order chi connectivity index (χ0) is 20.5. The van der Waals surface area contributed by atoms with Gasteiger partial charge in [0.1, 0.15) is 0 Å². The third-order valence-electron chi connectivity index (χ3n) is 5.39. The molecule has 28 heavy (non-hydrogen) atoms. The van der Waals surface area contributed by atoms with Crippen molar-refractivity contribution in [2.45, 2.75) is 45.7 Å². The van der Waals surface area contributed by atoms with Crippen LogP contribution in [0.3, 0.4) is 0 Å². The fourth-order valence-corrected chi connectivity index (χ4v) is 4.02. The Morgan fingerprint density at radius 2 is 2.04 bits per heavy atom. The van der Waals surface area contributed by atoms with Crippen LogP contribution in [0.15, 0.2) is 29.3 Å². The lowest BCUT2D eigenvalue weighted by Crippen LogP contribution is -2.47. The van der Waals surface area contributed by atoms with E-state index in [0.717, 1.165) is 49.1 Å². The van der Waals surface area contributed by atoms with E-state index in [4.69, 9.17) is 11.6 Å². The molecule has 6 nitrogen and oxygen atoms in total. The Hall–Kier alpha value is -1.79. The van der Waals surface area contributed by atoms with Gasteiger partial charge in [0.05, 0.1) is 6.04 Å². The van der Waals surface area contributed by atoms with Crippen LogP contribution in [0.1, 0.15) is 45.2 Å². The summed E-state index contributed by atoms with van der Waals surface area (Å²) < 4.78 is 0. The summed E-state index contributed by atoms with van der Waals surface area (Å²) in [4.78, 5) is 20.6. The molecule has 2 rings (SSSR count). The van der Waals surface area contributed by atoms with Crippen LogP contribution in [-0.2, 0) is 4.79 Å². The van der Waals surface area contributed by atoms with Gasteiger partial charge in [-0.05, 0) is 31.1 Å². The van der Waals surface area contributed by atoms with Crippen molar-refractivity contribution >= 4 is 23.5 Å². The number of likely N-dealkylation sites (N-methyl/N-ethyl adjacent to an activating group) is 1. The number of rotatable bonds is 8. The standard InChI is InChI=1S/C21H34ClN5O/c1-5-20(28)27-13-12-16(15-27)25-21(23-4)24-14-19(26(6-2)7-3)17-10-8-9-11-18(17)22/h8-11,16,19H,5-7,12-15H2,1-4H3,(H2,23,24,25). The molecule has 0 bridgehead atoms. The van der Waals surface area contributed by atoms with Gasteiger partial charge < -0.3 is 15.5 Å². The zero-order valence-electron chi connectivity index (χ0n) is 17.5. The molecular weight excluding hydrogens is 374 g/mol. The topological polar surface area (TPSA) is 60.0 Å². The van der Waals surface area contributed by atoms with E-state index < -0.39 is 0 Å². The number of halogens is 1. The molecule has 7 heteroatoms. The highest BCUT2D eigenvalue weighted by Gasteiger charge is 2.26. The molecule has 1 aliphatic rings. The van der Waals surface area contributed by atoms with Crippen molar-refractivity contribution < 1.29 is 4.79 Å². The molecular formula is C21H34ClN5O. The summed E-state index contributed by atoms with van der Waals surface area (Å²) in [6.07, 6.45) is 1.50. The Morgan fingerprint density at radius 3 is 2.64 bits per heavy atom. The van der Waals surface area contributed by atoms with E-state index in [9.17, 15) is 4.79 Å². The van der Waals surface area contributed by atoms with Crippen molar-refractivity contribution in [1.29, 1.82) is 0 Å². The molecule has 1 aromatic rings. The number of likely N-dealkylation sites (tertiary alicyclic amines) is 1. The van der Waals surface area contributed by atoms with Crippen molar-refractivity contribution in [1.82, 2.24) is 20.4 Å². The van der Waals surface area contributed by atoms with Crippen LogP contribution in [0.5, 0.6) is 0 Å². The second kappa shape index (κ2) is 11.3. The average molecular weight is 408 g/mol. The number of aliphatic imine (C=N–C) groups is 1. The van der Waals surface area contributed by atoms with E-state index in [1.54, 1.807) is 7.05 Å². The van der Waals surface area contributed by atoms with E-state index in [1.807, 2.05) is 30.0 Å². The summed E-state index contributed by atoms with van der Waals surface area (Å²) in [6.45, 7) is 10.4. The fourth-order valence-electron chi connectivity index (χ4n) is 3.76. The minimum Gasteiger partial charge on any atom is -0.354 e. The number of amides is 1. The number of benzene rings is 1. The SMILES string of the molecule is CCC(=O)N1CCC(NC(=NC)NCC(c2ccccc2Cl)N(CC)CC)C1. The van der Waals surface area contributed by atoms with Crippen molar-refractivity contribution in [3.8, 4) is 0 Å². The summed E-state index contributed by atoms with van der Waals surface area (Å²) in [5.74, 6) is 0.979. The third kappa shape index (κ3) is 5.85. The highest BCUT2D eigenvalue weighted by molar-refractivity contribution is 6.31. The highest BCUT2D eigenvalue weighted by Crippen LogP contribution is 2.27. The van der Waals surface area contributed by atoms with Crippen LogP contribution in [0.25, 0.3) is 0 Å². The molecule has 1 aliphatic heterocycles. The second-order valence-electron chi connectivity index (χ2n) is 7.03. The molecule has 0 radical (unpaired) electrons. The van der Waals surface area contributed by atoms with Gasteiger partial charge in [-0.25, -0.2) is 0 Å². The van der Waals surface area contributed by atoms with Crippen LogP contribution < -0.4 is 10.6 Å². The van der Waals surface area contributed by atoms with E-state index >= 15 is 0 Å². The maximum Gasteiger partial charge on any atom is 0.222 e. The summed E-state index contributed by atoms with van der Waals surface area (Å²) in [6, 6.07) is 8.41. The molecule has 2 atom stereocenters. The normalized spacial score (nSPS) is 18.4. The van der Waals surface area contributed by atoms with Gasteiger partial charge in [0.25, 0.3) is 0 Å². The van der Waals surface area contributed by atoms with E-state index in [1.165, 1.54) is 0 Å². The zero-order valence-corrected chi connectivity index (χ0v) is 18.3. The lowest BCUT2D eigenvalue weighted by molar-refractivity contribution is -0.129. The first kappa shape index (κ1) is 22.5. The number of hydrogen-bond donors (Lipinski definition) is 2. The summed E-state index contributed by atoms with van der Waals surface area (Å²) in [7, 11) is 1.78. The van der Waals surface area contributed by atoms with E-state index in [-0.39, 0.29) is 18.0 Å². The fraction of sp³-hybridized carbons (Fsp3) is 0.619. The molecule has 0 spiro atoms. The predicted molar refractivity (Wildman–Crippen MR) is 117 cm³/mol. The number of nitrogens with zero attached hydrogens (tertiary/aromatic N) is 3. The van der Waals surface area contributed by atoms with Crippen LogP contribution in [0, 0.1) is 0 Å². The molecule has 2 N–H and O–H groups in total. The molecule has 1 fully saturated rings. The number of carbonyl (C=O) groups excluding carboxylic acids is 1. The molecule has 156 valence electrons. The van der Waals surface area contributed by atoms with Gasteiger partial charge in [-0.15, -0.1) is 0 Å². The smallest absolute Gasteiger partial charge is 0.222 e.